The molecule has 0 atom stereocenters. The Morgan fingerprint density at radius 3 is 2.57 bits per heavy atom. The number of rotatable bonds is 4. The van der Waals surface area contributed by atoms with E-state index in [1.54, 1.807) is 24.4 Å². The molecule has 0 saturated heterocycles. The summed E-state index contributed by atoms with van der Waals surface area (Å²) in [7, 11) is 0. The van der Waals surface area contributed by atoms with Gasteiger partial charge in [0.2, 0.25) is 5.95 Å². The van der Waals surface area contributed by atoms with Gasteiger partial charge in [0.15, 0.2) is 5.13 Å². The van der Waals surface area contributed by atoms with Crippen molar-refractivity contribution >= 4 is 33.8 Å². The van der Waals surface area contributed by atoms with E-state index in [1.807, 2.05) is 6.92 Å². The molecule has 0 aliphatic carbocycles. The first kappa shape index (κ1) is 14.9. The van der Waals surface area contributed by atoms with Crippen molar-refractivity contribution in [1.29, 1.82) is 0 Å². The first-order valence-electron chi connectivity index (χ1n) is 6.61. The Morgan fingerprint density at radius 2 is 1.96 bits per heavy atom. The molecule has 0 unspecified atom stereocenters. The smallest absolute Gasteiger partial charge is 0.269 e. The van der Waals surface area contributed by atoms with Crippen LogP contribution in [0.3, 0.4) is 0 Å². The summed E-state index contributed by atoms with van der Waals surface area (Å²) in [6.07, 6.45) is 1.63. The third kappa shape index (κ3) is 3.24. The van der Waals surface area contributed by atoms with Crippen LogP contribution in [-0.4, -0.2) is 19.9 Å². The molecule has 0 saturated carbocycles. The Bertz CT molecular complexity index is 862. The van der Waals surface area contributed by atoms with Gasteiger partial charge in [0.1, 0.15) is 0 Å². The normalized spacial score (nSPS) is 10.5. The lowest BCUT2D eigenvalue weighted by atomic mass is 10.3. The second kappa shape index (κ2) is 5.97. The molecule has 3 N–H and O–H groups in total. The number of anilines is 3. The zero-order chi connectivity index (χ0) is 16.4. The summed E-state index contributed by atoms with van der Waals surface area (Å²) in [6.45, 7) is 1.87. The number of nitrogens with zero attached hydrogens (tertiary/aromatic N) is 4. The van der Waals surface area contributed by atoms with E-state index >= 15 is 0 Å². The van der Waals surface area contributed by atoms with Crippen molar-refractivity contribution in [3.05, 3.63) is 52.3 Å². The standard InChI is InChI=1S/C14H12N6O2S/c1-8-12(23-13(15)17-8)11-6-7-16-14(19-11)18-9-2-4-10(5-3-9)20(21)22/h2-7H,1H3,(H2,15,17)(H,16,18,19). The number of non-ortho nitro benzene ring substituents is 1. The zero-order valence-corrected chi connectivity index (χ0v) is 12.9. The Morgan fingerprint density at radius 1 is 1.22 bits per heavy atom. The van der Waals surface area contributed by atoms with Crippen molar-refractivity contribution in [2.75, 3.05) is 11.1 Å². The highest BCUT2D eigenvalue weighted by atomic mass is 32.1. The van der Waals surface area contributed by atoms with E-state index < -0.39 is 4.92 Å². The monoisotopic (exact) mass is 328 g/mol. The zero-order valence-electron chi connectivity index (χ0n) is 12.1. The van der Waals surface area contributed by atoms with Crippen molar-refractivity contribution in [2.45, 2.75) is 6.92 Å². The topological polar surface area (TPSA) is 120 Å². The van der Waals surface area contributed by atoms with Crippen LogP contribution in [0.5, 0.6) is 0 Å². The van der Waals surface area contributed by atoms with Gasteiger partial charge in [-0.05, 0) is 25.1 Å². The van der Waals surface area contributed by atoms with Crippen LogP contribution in [0.4, 0.5) is 22.5 Å². The van der Waals surface area contributed by atoms with Crippen molar-refractivity contribution in [3.63, 3.8) is 0 Å². The Hall–Kier alpha value is -3.07. The first-order chi connectivity index (χ1) is 11.0. The van der Waals surface area contributed by atoms with Crippen molar-refractivity contribution in [3.8, 4) is 10.6 Å². The molecule has 0 aliphatic heterocycles. The molecular weight excluding hydrogens is 316 g/mol. The maximum Gasteiger partial charge on any atom is 0.269 e. The predicted octanol–water partition coefficient (Wildman–Crippen LogP) is 3.14. The molecule has 1 aromatic carbocycles. The van der Waals surface area contributed by atoms with Crippen molar-refractivity contribution in [2.24, 2.45) is 0 Å². The number of nitro groups is 1. The van der Waals surface area contributed by atoms with Crippen LogP contribution in [0.15, 0.2) is 36.5 Å². The quantitative estimate of drug-likeness (QED) is 0.557. The van der Waals surface area contributed by atoms with E-state index in [-0.39, 0.29) is 5.69 Å². The van der Waals surface area contributed by atoms with Gasteiger partial charge in [0, 0.05) is 24.0 Å². The molecule has 0 bridgehead atoms. The number of nitrogens with one attached hydrogen (secondary N) is 1. The minimum atomic E-state index is -0.447. The lowest BCUT2D eigenvalue weighted by Crippen LogP contribution is -1.98. The van der Waals surface area contributed by atoms with Gasteiger partial charge in [-0.25, -0.2) is 15.0 Å². The number of aryl methyl sites for hydroxylation is 1. The van der Waals surface area contributed by atoms with Crippen LogP contribution in [0, 0.1) is 17.0 Å². The van der Waals surface area contributed by atoms with Gasteiger partial charge in [-0.3, -0.25) is 10.1 Å². The van der Waals surface area contributed by atoms with Gasteiger partial charge in [0.05, 0.1) is 21.2 Å². The Labute approximate surface area is 135 Å². The van der Waals surface area contributed by atoms with Gasteiger partial charge >= 0.3 is 0 Å². The highest BCUT2D eigenvalue weighted by molar-refractivity contribution is 7.18. The minimum Gasteiger partial charge on any atom is -0.375 e. The van der Waals surface area contributed by atoms with E-state index in [0.717, 1.165) is 16.3 Å². The number of nitro benzene ring substituents is 1. The molecule has 0 radical (unpaired) electrons. The van der Waals surface area contributed by atoms with Crippen LogP contribution in [-0.2, 0) is 0 Å². The third-order valence-corrected chi connectivity index (χ3v) is 4.04. The lowest BCUT2D eigenvalue weighted by molar-refractivity contribution is -0.384. The van der Waals surface area contributed by atoms with Crippen molar-refractivity contribution in [1.82, 2.24) is 15.0 Å². The van der Waals surface area contributed by atoms with Gasteiger partial charge in [-0.1, -0.05) is 11.3 Å². The highest BCUT2D eigenvalue weighted by Crippen LogP contribution is 2.30. The van der Waals surface area contributed by atoms with Crippen LogP contribution >= 0.6 is 11.3 Å². The number of hydrogen-bond donors (Lipinski definition) is 2. The molecule has 0 aliphatic rings. The van der Waals surface area contributed by atoms with Gasteiger partial charge in [-0.15, -0.1) is 0 Å². The molecule has 9 heteroatoms. The van der Waals surface area contributed by atoms with E-state index in [0.29, 0.717) is 16.8 Å². The molecule has 2 heterocycles. The summed E-state index contributed by atoms with van der Waals surface area (Å²) in [5.74, 6) is 0.391. The molecule has 8 nitrogen and oxygen atoms in total. The summed E-state index contributed by atoms with van der Waals surface area (Å²) in [5, 5.41) is 14.2. The van der Waals surface area contributed by atoms with Crippen LogP contribution in [0.1, 0.15) is 5.69 Å². The fourth-order valence-electron chi connectivity index (χ4n) is 2.00. The maximum atomic E-state index is 10.7. The maximum absolute atomic E-state index is 10.7. The Kier molecular flexibility index (Phi) is 3.85. The SMILES string of the molecule is Cc1nc(N)sc1-c1ccnc(Nc2ccc([N+](=O)[O-])cc2)n1. The summed E-state index contributed by atoms with van der Waals surface area (Å²) >= 11 is 1.36. The number of benzene rings is 1. The largest absolute Gasteiger partial charge is 0.375 e. The van der Waals surface area contributed by atoms with Crippen LogP contribution in [0.25, 0.3) is 10.6 Å². The second-order valence-electron chi connectivity index (χ2n) is 4.66. The number of nitrogens with two attached hydrogens (primary N) is 1. The number of thiazole rings is 1. The molecule has 0 spiro atoms. The van der Waals surface area contributed by atoms with E-state index in [9.17, 15) is 10.1 Å². The fraction of sp³-hybridized carbons (Fsp3) is 0.0714. The second-order valence-corrected chi connectivity index (χ2v) is 5.69. The molecule has 23 heavy (non-hydrogen) atoms. The van der Waals surface area contributed by atoms with Gasteiger partial charge < -0.3 is 11.1 Å². The summed E-state index contributed by atoms with van der Waals surface area (Å²) < 4.78 is 0. The molecule has 2 aromatic heterocycles. The van der Waals surface area contributed by atoms with E-state index in [1.165, 1.54) is 23.5 Å². The average Bonchev–Trinajstić information content (AvgIpc) is 2.87. The third-order valence-electron chi connectivity index (χ3n) is 3.04. The number of hydrogen-bond acceptors (Lipinski definition) is 8. The number of nitrogen functional groups attached to an aromatic ring is 1. The first-order valence-corrected chi connectivity index (χ1v) is 7.42. The molecule has 3 aromatic rings. The molecular formula is C14H12N6O2S. The highest BCUT2D eigenvalue weighted by Gasteiger charge is 2.11. The van der Waals surface area contributed by atoms with Gasteiger partial charge in [0.25, 0.3) is 5.69 Å². The molecule has 0 fully saturated rings. The lowest BCUT2D eigenvalue weighted by Gasteiger charge is -2.05. The Balaban J connectivity index is 1.85. The average molecular weight is 328 g/mol. The van der Waals surface area contributed by atoms with Crippen LogP contribution < -0.4 is 11.1 Å². The van der Waals surface area contributed by atoms with E-state index in [2.05, 4.69) is 20.3 Å². The molecule has 0 amide bonds. The van der Waals surface area contributed by atoms with Gasteiger partial charge in [-0.2, -0.15) is 0 Å². The summed E-state index contributed by atoms with van der Waals surface area (Å²) in [4.78, 5) is 23.8. The number of aromatic nitrogens is 3. The van der Waals surface area contributed by atoms with Crippen molar-refractivity contribution < 1.29 is 4.92 Å². The fourth-order valence-corrected chi connectivity index (χ4v) is 2.80. The summed E-state index contributed by atoms with van der Waals surface area (Å²) in [5.41, 5.74) is 7.93. The molecule has 3 rings (SSSR count). The predicted molar refractivity (Wildman–Crippen MR) is 88.7 cm³/mol. The molecule has 116 valence electrons. The minimum absolute atomic E-state index is 0.0287. The van der Waals surface area contributed by atoms with Crippen LogP contribution in [0.2, 0.25) is 0 Å². The summed E-state index contributed by atoms with van der Waals surface area (Å²) in [6, 6.07) is 7.82. The van der Waals surface area contributed by atoms with E-state index in [4.69, 9.17) is 5.73 Å².